The lowest BCUT2D eigenvalue weighted by molar-refractivity contribution is -0.137. The SMILES string of the molecule is COCCNC(=O)C(C)S(=O)C(C)CC(=O)O. The van der Waals surface area contributed by atoms with Crippen LogP contribution >= 0.6 is 0 Å². The number of carboxylic acid groups (broad SMARTS) is 1. The molecule has 0 aromatic rings. The maximum atomic E-state index is 11.8. The van der Waals surface area contributed by atoms with Gasteiger partial charge in [0.1, 0.15) is 5.25 Å². The van der Waals surface area contributed by atoms with Crippen LogP contribution in [-0.4, -0.2) is 52.0 Å². The van der Waals surface area contributed by atoms with Crippen molar-refractivity contribution < 1.29 is 23.6 Å². The van der Waals surface area contributed by atoms with Crippen molar-refractivity contribution in [1.29, 1.82) is 0 Å². The summed E-state index contributed by atoms with van der Waals surface area (Å²) in [4.78, 5) is 22.0. The summed E-state index contributed by atoms with van der Waals surface area (Å²) in [6.07, 6.45) is -0.206. The molecule has 0 spiro atoms. The summed E-state index contributed by atoms with van der Waals surface area (Å²) in [7, 11) is 0.0172. The van der Waals surface area contributed by atoms with E-state index in [1.807, 2.05) is 0 Å². The molecule has 0 radical (unpaired) electrons. The van der Waals surface area contributed by atoms with E-state index in [2.05, 4.69) is 5.32 Å². The third-order valence-electron chi connectivity index (χ3n) is 2.18. The first kappa shape index (κ1) is 16.1. The smallest absolute Gasteiger partial charge is 0.304 e. The number of ether oxygens (including phenoxy) is 1. The van der Waals surface area contributed by atoms with Crippen LogP contribution < -0.4 is 5.32 Å². The Labute approximate surface area is 103 Å². The van der Waals surface area contributed by atoms with Gasteiger partial charge in [-0.1, -0.05) is 6.92 Å². The first-order valence-electron chi connectivity index (χ1n) is 5.28. The van der Waals surface area contributed by atoms with Gasteiger partial charge in [-0.05, 0) is 6.92 Å². The summed E-state index contributed by atoms with van der Waals surface area (Å²) in [5.41, 5.74) is 0. The van der Waals surface area contributed by atoms with Crippen molar-refractivity contribution in [1.82, 2.24) is 5.32 Å². The molecule has 0 aliphatic heterocycles. The Morgan fingerprint density at radius 1 is 1.41 bits per heavy atom. The van der Waals surface area contributed by atoms with Crippen molar-refractivity contribution in [3.05, 3.63) is 0 Å². The second-order valence-electron chi connectivity index (χ2n) is 3.66. The molecule has 0 aliphatic carbocycles. The number of amides is 1. The third kappa shape index (κ3) is 6.38. The highest BCUT2D eigenvalue weighted by molar-refractivity contribution is 7.87. The van der Waals surface area contributed by atoms with Crippen LogP contribution in [0.1, 0.15) is 20.3 Å². The first-order chi connectivity index (χ1) is 7.90. The quantitative estimate of drug-likeness (QED) is 0.590. The number of aliphatic carboxylic acids is 1. The van der Waals surface area contributed by atoms with E-state index in [4.69, 9.17) is 9.84 Å². The molecule has 0 fully saturated rings. The Morgan fingerprint density at radius 2 is 2.00 bits per heavy atom. The lowest BCUT2D eigenvalue weighted by atomic mass is 10.3. The molecule has 2 N–H and O–H groups in total. The third-order valence-corrected chi connectivity index (χ3v) is 4.05. The Bertz CT molecular complexity index is 294. The topological polar surface area (TPSA) is 92.7 Å². The molecule has 0 bridgehead atoms. The number of hydrogen-bond acceptors (Lipinski definition) is 4. The summed E-state index contributed by atoms with van der Waals surface area (Å²) in [5, 5.41) is 9.88. The van der Waals surface area contributed by atoms with Gasteiger partial charge in [0, 0.05) is 29.7 Å². The van der Waals surface area contributed by atoms with Gasteiger partial charge in [0.25, 0.3) is 0 Å². The number of carboxylic acids is 1. The van der Waals surface area contributed by atoms with E-state index < -0.39 is 27.3 Å². The fourth-order valence-corrected chi connectivity index (χ4v) is 2.50. The zero-order chi connectivity index (χ0) is 13.4. The number of carbonyl (C=O) groups is 2. The maximum absolute atomic E-state index is 11.8. The minimum atomic E-state index is -1.50. The number of methoxy groups -OCH3 is 1. The minimum absolute atomic E-state index is 0.206. The number of rotatable bonds is 8. The van der Waals surface area contributed by atoms with Gasteiger partial charge < -0.3 is 15.2 Å². The second-order valence-corrected chi connectivity index (χ2v) is 5.83. The highest BCUT2D eigenvalue weighted by Gasteiger charge is 2.25. The van der Waals surface area contributed by atoms with E-state index in [9.17, 15) is 13.8 Å². The molecule has 0 aliphatic rings. The van der Waals surface area contributed by atoms with Crippen molar-refractivity contribution in [3.8, 4) is 0 Å². The molecule has 0 saturated carbocycles. The van der Waals surface area contributed by atoms with Crippen LogP contribution in [0.15, 0.2) is 0 Å². The van der Waals surface area contributed by atoms with Gasteiger partial charge in [0.2, 0.25) is 5.91 Å². The molecule has 0 aromatic carbocycles. The van der Waals surface area contributed by atoms with Crippen LogP contribution in [0.4, 0.5) is 0 Å². The van der Waals surface area contributed by atoms with Gasteiger partial charge in [-0.25, -0.2) is 0 Å². The summed E-state index contributed by atoms with van der Waals surface area (Å²) in [6, 6.07) is 0. The molecule has 1 amide bonds. The predicted octanol–water partition coefficient (Wildman–Crippen LogP) is -0.251. The van der Waals surface area contributed by atoms with Gasteiger partial charge in [0.05, 0.1) is 13.0 Å². The van der Waals surface area contributed by atoms with Gasteiger partial charge in [-0.15, -0.1) is 0 Å². The van der Waals surface area contributed by atoms with E-state index >= 15 is 0 Å². The van der Waals surface area contributed by atoms with Crippen LogP contribution in [0.5, 0.6) is 0 Å². The molecule has 0 saturated heterocycles. The van der Waals surface area contributed by atoms with Gasteiger partial charge in [-0.3, -0.25) is 13.8 Å². The molecular formula is C10H19NO5S. The zero-order valence-electron chi connectivity index (χ0n) is 10.3. The lowest BCUT2D eigenvalue weighted by Gasteiger charge is -2.15. The largest absolute Gasteiger partial charge is 0.481 e. The molecule has 7 heteroatoms. The Balaban J connectivity index is 4.19. The fraction of sp³-hybridized carbons (Fsp3) is 0.800. The molecule has 3 atom stereocenters. The molecule has 6 nitrogen and oxygen atoms in total. The van der Waals surface area contributed by atoms with Crippen LogP contribution in [0.2, 0.25) is 0 Å². The van der Waals surface area contributed by atoms with E-state index in [1.54, 1.807) is 6.92 Å². The summed E-state index contributed by atoms with van der Waals surface area (Å²) < 4.78 is 16.6. The lowest BCUT2D eigenvalue weighted by Crippen LogP contribution is -2.39. The number of nitrogens with one attached hydrogen (secondary N) is 1. The first-order valence-corrected chi connectivity index (χ1v) is 6.55. The van der Waals surface area contributed by atoms with Crippen molar-refractivity contribution in [2.24, 2.45) is 0 Å². The molecule has 100 valence electrons. The monoisotopic (exact) mass is 265 g/mol. The van der Waals surface area contributed by atoms with Gasteiger partial charge in [-0.2, -0.15) is 0 Å². The molecule has 0 rings (SSSR count). The number of hydrogen-bond donors (Lipinski definition) is 2. The van der Waals surface area contributed by atoms with Crippen LogP contribution in [-0.2, 0) is 25.1 Å². The highest BCUT2D eigenvalue weighted by Crippen LogP contribution is 2.08. The Hall–Kier alpha value is -0.950. The highest BCUT2D eigenvalue weighted by atomic mass is 32.2. The fourth-order valence-electron chi connectivity index (χ4n) is 1.20. The summed E-state index contributed by atoms with van der Waals surface area (Å²) in [5.74, 6) is -1.37. The normalized spacial score (nSPS) is 15.9. The summed E-state index contributed by atoms with van der Waals surface area (Å²) in [6.45, 7) is 3.82. The summed E-state index contributed by atoms with van der Waals surface area (Å²) >= 11 is 0. The van der Waals surface area contributed by atoms with E-state index in [0.29, 0.717) is 13.2 Å². The minimum Gasteiger partial charge on any atom is -0.481 e. The van der Waals surface area contributed by atoms with Gasteiger partial charge in [0.15, 0.2) is 0 Å². The zero-order valence-corrected chi connectivity index (χ0v) is 11.1. The Kier molecular flexibility index (Phi) is 7.73. The maximum Gasteiger partial charge on any atom is 0.304 e. The molecule has 17 heavy (non-hydrogen) atoms. The molecule has 0 heterocycles. The predicted molar refractivity (Wildman–Crippen MR) is 64.2 cm³/mol. The van der Waals surface area contributed by atoms with E-state index in [-0.39, 0.29) is 12.3 Å². The molecular weight excluding hydrogens is 246 g/mol. The van der Waals surface area contributed by atoms with E-state index in [0.717, 1.165) is 0 Å². The van der Waals surface area contributed by atoms with Crippen LogP contribution in [0, 0.1) is 0 Å². The van der Waals surface area contributed by atoms with Crippen molar-refractivity contribution in [2.45, 2.75) is 30.8 Å². The average Bonchev–Trinajstić information content (AvgIpc) is 2.26. The van der Waals surface area contributed by atoms with Crippen molar-refractivity contribution >= 4 is 22.7 Å². The van der Waals surface area contributed by atoms with Gasteiger partial charge >= 0.3 is 5.97 Å². The Morgan fingerprint density at radius 3 is 2.47 bits per heavy atom. The van der Waals surface area contributed by atoms with Crippen molar-refractivity contribution in [3.63, 3.8) is 0 Å². The van der Waals surface area contributed by atoms with E-state index in [1.165, 1.54) is 14.0 Å². The standard InChI is InChI=1S/C10H19NO5S/c1-7(6-9(12)13)17(15)8(2)10(14)11-4-5-16-3/h7-8H,4-6H2,1-3H3,(H,11,14)(H,12,13). The van der Waals surface area contributed by atoms with Crippen molar-refractivity contribution in [2.75, 3.05) is 20.3 Å². The average molecular weight is 265 g/mol. The molecule has 0 aromatic heterocycles. The second kappa shape index (κ2) is 8.19. The molecule has 3 unspecified atom stereocenters. The van der Waals surface area contributed by atoms with Crippen LogP contribution in [0.3, 0.4) is 0 Å². The number of carbonyl (C=O) groups excluding carboxylic acids is 1. The van der Waals surface area contributed by atoms with Crippen LogP contribution in [0.25, 0.3) is 0 Å².